The van der Waals surface area contributed by atoms with Crippen LogP contribution >= 0.6 is 24.0 Å². The maximum Gasteiger partial charge on any atom is 0.191 e. The minimum absolute atomic E-state index is 0. The van der Waals surface area contributed by atoms with Gasteiger partial charge in [0.15, 0.2) is 5.96 Å². The standard InChI is InChI=1S/C19H32N4O.HI/c1-15(2)23(17-7-8-17)14-13-22-19(20-3)21-12-11-16-5-9-18(24-4)10-6-16;/h5-6,9-10,15,17H,7-8,11-14H2,1-4H3,(H2,20,21,22);1H. The number of nitrogens with zero attached hydrogens (tertiary/aromatic N) is 2. The normalized spacial score (nSPS) is 14.4. The summed E-state index contributed by atoms with van der Waals surface area (Å²) in [7, 11) is 3.51. The van der Waals surface area contributed by atoms with Crippen LogP contribution in [0.15, 0.2) is 29.3 Å². The minimum Gasteiger partial charge on any atom is -0.497 e. The Balaban J connectivity index is 0.00000312. The van der Waals surface area contributed by atoms with E-state index in [1.807, 2.05) is 19.2 Å². The third-order valence-corrected chi connectivity index (χ3v) is 4.43. The highest BCUT2D eigenvalue weighted by molar-refractivity contribution is 14.0. The lowest BCUT2D eigenvalue weighted by atomic mass is 10.1. The van der Waals surface area contributed by atoms with Crippen LogP contribution in [0.25, 0.3) is 0 Å². The molecule has 1 saturated carbocycles. The van der Waals surface area contributed by atoms with Crippen LogP contribution in [-0.4, -0.2) is 56.7 Å². The fourth-order valence-electron chi connectivity index (χ4n) is 2.91. The lowest BCUT2D eigenvalue weighted by Crippen LogP contribution is -2.44. The monoisotopic (exact) mass is 460 g/mol. The molecule has 1 aromatic rings. The third kappa shape index (κ3) is 7.81. The Labute approximate surface area is 169 Å². The predicted molar refractivity (Wildman–Crippen MR) is 116 cm³/mol. The Bertz CT molecular complexity index is 513. The lowest BCUT2D eigenvalue weighted by molar-refractivity contribution is 0.215. The van der Waals surface area contributed by atoms with Gasteiger partial charge in [-0.15, -0.1) is 24.0 Å². The SMILES string of the molecule is CN=C(NCCc1ccc(OC)cc1)NCCN(C(C)C)C1CC1.I. The number of guanidine groups is 1. The minimum atomic E-state index is 0. The number of methoxy groups -OCH3 is 1. The predicted octanol–water partition coefficient (Wildman–Crippen LogP) is 2.89. The molecule has 0 bridgehead atoms. The lowest BCUT2D eigenvalue weighted by Gasteiger charge is -2.26. The zero-order valence-corrected chi connectivity index (χ0v) is 18.2. The quantitative estimate of drug-likeness (QED) is 0.338. The topological polar surface area (TPSA) is 48.9 Å². The highest BCUT2D eigenvalue weighted by atomic mass is 127. The summed E-state index contributed by atoms with van der Waals surface area (Å²) in [5, 5.41) is 6.80. The van der Waals surface area contributed by atoms with Gasteiger partial charge in [-0.2, -0.15) is 0 Å². The van der Waals surface area contributed by atoms with Gasteiger partial charge in [0.25, 0.3) is 0 Å². The maximum atomic E-state index is 5.18. The molecule has 1 aliphatic rings. The van der Waals surface area contributed by atoms with E-state index >= 15 is 0 Å². The fraction of sp³-hybridized carbons (Fsp3) is 0.632. The van der Waals surface area contributed by atoms with Crippen molar-refractivity contribution in [1.29, 1.82) is 0 Å². The zero-order valence-electron chi connectivity index (χ0n) is 15.9. The molecule has 1 fully saturated rings. The second-order valence-electron chi connectivity index (χ2n) is 6.59. The summed E-state index contributed by atoms with van der Waals surface area (Å²) in [6.45, 7) is 7.42. The number of rotatable bonds is 9. The number of hydrogen-bond acceptors (Lipinski definition) is 3. The van der Waals surface area contributed by atoms with Crippen molar-refractivity contribution in [2.24, 2.45) is 4.99 Å². The van der Waals surface area contributed by atoms with Gasteiger partial charge < -0.3 is 15.4 Å². The number of aliphatic imine (C=N–C) groups is 1. The Morgan fingerprint density at radius 1 is 1.20 bits per heavy atom. The van der Waals surface area contributed by atoms with E-state index in [9.17, 15) is 0 Å². The molecule has 0 amide bonds. The Kier molecular flexibility index (Phi) is 10.2. The molecule has 0 aliphatic heterocycles. The second kappa shape index (κ2) is 11.6. The molecule has 6 heteroatoms. The first-order chi connectivity index (χ1) is 11.6. The Morgan fingerprint density at radius 3 is 2.36 bits per heavy atom. The molecular formula is C19H33IN4O. The second-order valence-corrected chi connectivity index (χ2v) is 6.59. The number of hydrogen-bond donors (Lipinski definition) is 2. The van der Waals surface area contributed by atoms with Crippen LogP contribution < -0.4 is 15.4 Å². The number of nitrogens with one attached hydrogen (secondary N) is 2. The van der Waals surface area contributed by atoms with Gasteiger partial charge in [0, 0.05) is 38.8 Å². The van der Waals surface area contributed by atoms with Crippen LogP contribution in [0.3, 0.4) is 0 Å². The molecule has 0 radical (unpaired) electrons. The van der Waals surface area contributed by atoms with Crippen molar-refractivity contribution in [3.8, 4) is 5.75 Å². The van der Waals surface area contributed by atoms with Crippen LogP contribution in [0.1, 0.15) is 32.3 Å². The molecule has 0 aromatic heterocycles. The first kappa shape index (κ1) is 22.0. The van der Waals surface area contributed by atoms with Gasteiger partial charge in [0.1, 0.15) is 5.75 Å². The summed E-state index contributed by atoms with van der Waals surface area (Å²) in [4.78, 5) is 6.89. The molecule has 1 aromatic carbocycles. The average Bonchev–Trinajstić information content (AvgIpc) is 3.42. The Morgan fingerprint density at radius 2 is 1.84 bits per heavy atom. The van der Waals surface area contributed by atoms with Crippen LogP contribution in [0.5, 0.6) is 5.75 Å². The zero-order chi connectivity index (χ0) is 17.4. The highest BCUT2D eigenvalue weighted by Crippen LogP contribution is 2.27. The van der Waals surface area contributed by atoms with Gasteiger partial charge in [-0.3, -0.25) is 9.89 Å². The van der Waals surface area contributed by atoms with E-state index in [1.54, 1.807) is 7.11 Å². The van der Waals surface area contributed by atoms with Crippen molar-refractivity contribution < 1.29 is 4.74 Å². The van der Waals surface area contributed by atoms with Gasteiger partial charge in [0.2, 0.25) is 0 Å². The highest BCUT2D eigenvalue weighted by Gasteiger charge is 2.29. The van der Waals surface area contributed by atoms with E-state index in [0.29, 0.717) is 6.04 Å². The third-order valence-electron chi connectivity index (χ3n) is 4.43. The van der Waals surface area contributed by atoms with Crippen molar-refractivity contribution in [3.63, 3.8) is 0 Å². The molecule has 0 spiro atoms. The van der Waals surface area contributed by atoms with Gasteiger partial charge in [-0.05, 0) is 50.8 Å². The fourth-order valence-corrected chi connectivity index (χ4v) is 2.91. The molecule has 0 saturated heterocycles. The molecule has 5 nitrogen and oxygen atoms in total. The van der Waals surface area contributed by atoms with Crippen molar-refractivity contribution in [2.45, 2.75) is 45.2 Å². The number of ether oxygens (including phenoxy) is 1. The summed E-state index contributed by atoms with van der Waals surface area (Å²) in [6.07, 6.45) is 3.67. The van der Waals surface area contributed by atoms with Crippen molar-refractivity contribution >= 4 is 29.9 Å². The van der Waals surface area contributed by atoms with Gasteiger partial charge in [0.05, 0.1) is 7.11 Å². The number of halogens is 1. The summed E-state index contributed by atoms with van der Waals surface area (Å²) >= 11 is 0. The molecule has 0 unspecified atom stereocenters. The first-order valence-electron chi connectivity index (χ1n) is 8.97. The average molecular weight is 460 g/mol. The van der Waals surface area contributed by atoms with Crippen LogP contribution in [0.4, 0.5) is 0 Å². The van der Waals surface area contributed by atoms with E-state index in [4.69, 9.17) is 4.74 Å². The van der Waals surface area contributed by atoms with Gasteiger partial charge in [-0.25, -0.2) is 0 Å². The molecule has 1 aliphatic carbocycles. The Hall–Kier alpha value is -1.02. The van der Waals surface area contributed by atoms with E-state index < -0.39 is 0 Å². The molecule has 142 valence electrons. The summed E-state index contributed by atoms with van der Waals surface area (Å²) in [6, 6.07) is 9.63. The van der Waals surface area contributed by atoms with Crippen LogP contribution in [0, 0.1) is 0 Å². The van der Waals surface area contributed by atoms with E-state index in [2.05, 4.69) is 46.5 Å². The van der Waals surface area contributed by atoms with Crippen molar-refractivity contribution in [1.82, 2.24) is 15.5 Å². The van der Waals surface area contributed by atoms with E-state index in [1.165, 1.54) is 18.4 Å². The summed E-state index contributed by atoms with van der Waals surface area (Å²) in [5.74, 6) is 1.78. The van der Waals surface area contributed by atoms with E-state index in [-0.39, 0.29) is 24.0 Å². The smallest absolute Gasteiger partial charge is 0.191 e. The maximum absolute atomic E-state index is 5.18. The molecule has 25 heavy (non-hydrogen) atoms. The van der Waals surface area contributed by atoms with Crippen molar-refractivity contribution in [3.05, 3.63) is 29.8 Å². The largest absolute Gasteiger partial charge is 0.497 e. The number of benzene rings is 1. The summed E-state index contributed by atoms with van der Waals surface area (Å²) < 4.78 is 5.18. The molecular weight excluding hydrogens is 427 g/mol. The van der Waals surface area contributed by atoms with E-state index in [0.717, 1.165) is 43.8 Å². The summed E-state index contributed by atoms with van der Waals surface area (Å²) in [5.41, 5.74) is 1.29. The van der Waals surface area contributed by atoms with Crippen molar-refractivity contribution in [2.75, 3.05) is 33.8 Å². The van der Waals surface area contributed by atoms with Gasteiger partial charge in [-0.1, -0.05) is 12.1 Å². The van der Waals surface area contributed by atoms with Crippen LogP contribution in [-0.2, 0) is 6.42 Å². The van der Waals surface area contributed by atoms with Gasteiger partial charge >= 0.3 is 0 Å². The molecule has 2 N–H and O–H groups in total. The molecule has 0 atom stereocenters. The molecule has 2 rings (SSSR count). The van der Waals surface area contributed by atoms with Crippen LogP contribution in [0.2, 0.25) is 0 Å². The molecule has 0 heterocycles. The first-order valence-corrected chi connectivity index (χ1v) is 8.97.